The maximum Gasteiger partial charge on any atom is 0.335 e. The maximum absolute atomic E-state index is 12.6. The fourth-order valence-electron chi connectivity index (χ4n) is 2.74. The molecule has 0 radical (unpaired) electrons. The molecule has 1 heterocycles. The first-order valence-electron chi connectivity index (χ1n) is 8.02. The zero-order valence-corrected chi connectivity index (χ0v) is 14.7. The van der Waals surface area contributed by atoms with E-state index in [1.165, 1.54) is 15.2 Å². The third-order valence-corrected chi connectivity index (χ3v) is 4.27. The first kappa shape index (κ1) is 16.8. The number of hydrogen-bond acceptors (Lipinski definition) is 3. The van der Waals surface area contributed by atoms with Crippen LogP contribution in [0.4, 0.5) is 0 Å². The molecule has 0 aliphatic carbocycles. The number of ether oxygens (including phenoxy) is 1. The quantitative estimate of drug-likeness (QED) is 0.738. The van der Waals surface area contributed by atoms with Crippen LogP contribution in [0.25, 0.3) is 5.69 Å². The van der Waals surface area contributed by atoms with E-state index in [0.717, 1.165) is 11.1 Å². The van der Waals surface area contributed by atoms with Crippen LogP contribution in [0.2, 0.25) is 0 Å². The summed E-state index contributed by atoms with van der Waals surface area (Å²) in [5, 5.41) is 0. The van der Waals surface area contributed by atoms with E-state index in [2.05, 4.69) is 0 Å². The predicted octanol–water partition coefficient (Wildman–Crippen LogP) is 3.25. The average Bonchev–Trinajstić information content (AvgIpc) is 2.57. The van der Waals surface area contributed by atoms with E-state index in [1.807, 2.05) is 50.2 Å². The smallest absolute Gasteiger partial charge is 0.335 e. The van der Waals surface area contributed by atoms with Crippen molar-refractivity contribution >= 4 is 0 Å². The lowest BCUT2D eigenvalue weighted by molar-refractivity contribution is 0.478. The van der Waals surface area contributed by atoms with Crippen LogP contribution in [-0.4, -0.2) is 9.13 Å². The zero-order chi connectivity index (χ0) is 18.1. The number of benzene rings is 2. The van der Waals surface area contributed by atoms with Gasteiger partial charge in [0.05, 0.1) is 5.69 Å². The van der Waals surface area contributed by atoms with Crippen LogP contribution in [0.3, 0.4) is 0 Å². The molecule has 25 heavy (non-hydrogen) atoms. The van der Waals surface area contributed by atoms with Crippen LogP contribution < -0.4 is 16.0 Å². The van der Waals surface area contributed by atoms with Gasteiger partial charge in [-0.2, -0.15) is 0 Å². The highest BCUT2D eigenvalue weighted by Crippen LogP contribution is 2.28. The van der Waals surface area contributed by atoms with E-state index in [0.29, 0.717) is 22.9 Å². The summed E-state index contributed by atoms with van der Waals surface area (Å²) in [5.41, 5.74) is 2.20. The molecule has 0 unspecified atom stereocenters. The molecule has 5 nitrogen and oxygen atoms in total. The molecule has 0 fully saturated rings. The van der Waals surface area contributed by atoms with Crippen molar-refractivity contribution in [2.75, 3.05) is 0 Å². The summed E-state index contributed by atoms with van der Waals surface area (Å²) < 4.78 is 8.57. The number of aryl methyl sites for hydroxylation is 3. The Labute approximate surface area is 145 Å². The van der Waals surface area contributed by atoms with E-state index >= 15 is 0 Å². The second-order valence-electron chi connectivity index (χ2n) is 6.12. The molecule has 0 amide bonds. The van der Waals surface area contributed by atoms with Crippen molar-refractivity contribution in [3.63, 3.8) is 0 Å². The van der Waals surface area contributed by atoms with Gasteiger partial charge in [-0.3, -0.25) is 4.79 Å². The summed E-state index contributed by atoms with van der Waals surface area (Å²) in [6, 6.07) is 14.5. The monoisotopic (exact) mass is 336 g/mol. The Morgan fingerprint density at radius 1 is 0.880 bits per heavy atom. The molecular formula is C20H20N2O3. The molecule has 3 aromatic rings. The number of aromatic nitrogens is 2. The maximum atomic E-state index is 12.6. The summed E-state index contributed by atoms with van der Waals surface area (Å²) >= 11 is 0. The van der Waals surface area contributed by atoms with Crippen LogP contribution in [0, 0.1) is 20.8 Å². The standard InChI is InChI=1S/C20H20N2O3/c1-13-10-14(2)18(25-16-8-6-5-7-9-16)12-17(13)22-19(23)11-15(3)21(4)20(22)24/h5-12H,1-4H3. The van der Waals surface area contributed by atoms with E-state index in [-0.39, 0.29) is 11.2 Å². The normalized spacial score (nSPS) is 10.7. The van der Waals surface area contributed by atoms with Crippen molar-refractivity contribution in [2.24, 2.45) is 7.05 Å². The summed E-state index contributed by atoms with van der Waals surface area (Å²) in [7, 11) is 1.65. The minimum atomic E-state index is -0.373. The van der Waals surface area contributed by atoms with Crippen molar-refractivity contribution in [2.45, 2.75) is 20.8 Å². The Morgan fingerprint density at radius 3 is 2.24 bits per heavy atom. The highest BCUT2D eigenvalue weighted by molar-refractivity contribution is 5.51. The summed E-state index contributed by atoms with van der Waals surface area (Å²) in [5.74, 6) is 1.31. The van der Waals surface area contributed by atoms with Gasteiger partial charge in [0, 0.05) is 24.9 Å². The van der Waals surface area contributed by atoms with E-state index in [4.69, 9.17) is 4.74 Å². The van der Waals surface area contributed by atoms with E-state index < -0.39 is 0 Å². The minimum Gasteiger partial charge on any atom is -0.457 e. The molecule has 0 N–H and O–H groups in total. The Hall–Kier alpha value is -3.08. The molecular weight excluding hydrogens is 316 g/mol. The van der Waals surface area contributed by atoms with Gasteiger partial charge >= 0.3 is 5.69 Å². The molecule has 1 aromatic heterocycles. The average molecular weight is 336 g/mol. The van der Waals surface area contributed by atoms with Crippen molar-refractivity contribution in [3.05, 3.63) is 86.2 Å². The molecule has 0 aliphatic heterocycles. The zero-order valence-electron chi connectivity index (χ0n) is 14.7. The summed E-state index contributed by atoms with van der Waals surface area (Å²) in [6.07, 6.45) is 0. The molecule has 0 saturated heterocycles. The van der Waals surface area contributed by atoms with Gasteiger partial charge in [0.1, 0.15) is 11.5 Å². The van der Waals surface area contributed by atoms with Crippen LogP contribution in [0.5, 0.6) is 11.5 Å². The van der Waals surface area contributed by atoms with Crippen molar-refractivity contribution in [1.29, 1.82) is 0 Å². The second kappa shape index (κ2) is 6.43. The molecule has 0 aliphatic rings. The van der Waals surface area contributed by atoms with E-state index in [9.17, 15) is 9.59 Å². The van der Waals surface area contributed by atoms with Crippen LogP contribution in [0.15, 0.2) is 58.1 Å². The van der Waals surface area contributed by atoms with Crippen LogP contribution in [0.1, 0.15) is 16.8 Å². The first-order valence-corrected chi connectivity index (χ1v) is 8.02. The molecule has 2 aromatic carbocycles. The summed E-state index contributed by atoms with van der Waals surface area (Å²) in [6.45, 7) is 5.55. The molecule has 0 bridgehead atoms. The van der Waals surface area contributed by atoms with Gasteiger partial charge in [0.25, 0.3) is 5.56 Å². The fraction of sp³-hybridized carbons (Fsp3) is 0.200. The number of nitrogens with zero attached hydrogens (tertiary/aromatic N) is 2. The van der Waals surface area contributed by atoms with Gasteiger partial charge in [0.2, 0.25) is 0 Å². The summed E-state index contributed by atoms with van der Waals surface area (Å²) in [4.78, 5) is 25.0. The van der Waals surface area contributed by atoms with Gasteiger partial charge in [0.15, 0.2) is 0 Å². The lowest BCUT2D eigenvalue weighted by Gasteiger charge is -2.15. The first-order chi connectivity index (χ1) is 11.9. The number of hydrogen-bond donors (Lipinski definition) is 0. The Balaban J connectivity index is 2.19. The van der Waals surface area contributed by atoms with Crippen LogP contribution in [-0.2, 0) is 7.05 Å². The topological polar surface area (TPSA) is 53.2 Å². The highest BCUT2D eigenvalue weighted by atomic mass is 16.5. The Morgan fingerprint density at radius 2 is 1.56 bits per heavy atom. The van der Waals surface area contributed by atoms with Crippen molar-refractivity contribution in [3.8, 4) is 17.2 Å². The lowest BCUT2D eigenvalue weighted by atomic mass is 10.1. The SMILES string of the molecule is Cc1cc(C)c(-n2c(=O)cc(C)n(C)c2=O)cc1Oc1ccccc1. The molecule has 0 spiro atoms. The number of para-hydroxylation sites is 1. The van der Waals surface area contributed by atoms with Gasteiger partial charge < -0.3 is 9.30 Å². The van der Waals surface area contributed by atoms with Gasteiger partial charge in [-0.1, -0.05) is 24.3 Å². The molecule has 0 saturated carbocycles. The Bertz CT molecular complexity index is 1050. The predicted molar refractivity (Wildman–Crippen MR) is 98.0 cm³/mol. The van der Waals surface area contributed by atoms with E-state index in [1.54, 1.807) is 20.0 Å². The van der Waals surface area contributed by atoms with Gasteiger partial charge in [-0.15, -0.1) is 0 Å². The van der Waals surface area contributed by atoms with Gasteiger partial charge in [-0.25, -0.2) is 9.36 Å². The lowest BCUT2D eigenvalue weighted by Crippen LogP contribution is -2.38. The van der Waals surface area contributed by atoms with Crippen molar-refractivity contribution in [1.82, 2.24) is 9.13 Å². The fourth-order valence-corrected chi connectivity index (χ4v) is 2.74. The van der Waals surface area contributed by atoms with Gasteiger partial charge in [-0.05, 0) is 44.0 Å². The van der Waals surface area contributed by atoms with Crippen LogP contribution >= 0.6 is 0 Å². The molecule has 3 rings (SSSR count). The third-order valence-electron chi connectivity index (χ3n) is 4.27. The largest absolute Gasteiger partial charge is 0.457 e. The third kappa shape index (κ3) is 3.13. The second-order valence-corrected chi connectivity index (χ2v) is 6.12. The highest BCUT2D eigenvalue weighted by Gasteiger charge is 2.14. The molecule has 5 heteroatoms. The molecule has 0 atom stereocenters. The molecule has 128 valence electrons. The Kier molecular flexibility index (Phi) is 4.31. The van der Waals surface area contributed by atoms with Crippen molar-refractivity contribution < 1.29 is 4.74 Å². The minimum absolute atomic E-state index is 0.349. The number of rotatable bonds is 3.